The number of nitrogens with zero attached hydrogens (tertiary/aromatic N) is 3. The van der Waals surface area contributed by atoms with Crippen molar-refractivity contribution >= 4 is 15.9 Å². The van der Waals surface area contributed by atoms with Gasteiger partial charge in [-0.05, 0) is 37.1 Å². The molecule has 1 amide bonds. The third kappa shape index (κ3) is 4.92. The van der Waals surface area contributed by atoms with E-state index in [1.54, 1.807) is 35.1 Å². The molecule has 2 aromatic heterocycles. The van der Waals surface area contributed by atoms with Crippen LogP contribution in [0.25, 0.3) is 5.82 Å². The number of hydrogen-bond donors (Lipinski definition) is 2. The second-order valence-electron chi connectivity index (χ2n) is 7.16. The number of rotatable bonds is 8. The van der Waals surface area contributed by atoms with Crippen molar-refractivity contribution in [2.75, 3.05) is 13.1 Å². The molecule has 8 nitrogen and oxygen atoms in total. The van der Waals surface area contributed by atoms with Crippen molar-refractivity contribution in [3.05, 3.63) is 71.7 Å². The molecule has 2 N–H and O–H groups in total. The van der Waals surface area contributed by atoms with E-state index in [0.29, 0.717) is 11.4 Å². The van der Waals surface area contributed by atoms with Gasteiger partial charge in [0.1, 0.15) is 0 Å². The summed E-state index contributed by atoms with van der Waals surface area (Å²) in [5, 5.41) is 7.08. The Bertz CT molecular complexity index is 1110. The largest absolute Gasteiger partial charge is 0.351 e. The molecule has 0 aliphatic rings. The minimum absolute atomic E-state index is 0.0373. The van der Waals surface area contributed by atoms with E-state index >= 15 is 0 Å². The molecule has 158 valence electrons. The second-order valence-corrected chi connectivity index (χ2v) is 8.93. The standard InChI is InChI=1S/C21H25N5O3S/c1-15(2)20-18(14-24-26(20)19-6-4-5-11-22-19)21(27)23-12-13-25-30(28,29)17-9-7-16(3)8-10-17/h4-11,14-15,25H,12-13H2,1-3H3,(H,23,27). The van der Waals surface area contributed by atoms with Crippen LogP contribution in [0.2, 0.25) is 0 Å². The van der Waals surface area contributed by atoms with E-state index in [0.717, 1.165) is 11.3 Å². The third-order valence-corrected chi connectivity index (χ3v) is 5.98. The van der Waals surface area contributed by atoms with Crippen LogP contribution in [0.3, 0.4) is 0 Å². The van der Waals surface area contributed by atoms with E-state index in [-0.39, 0.29) is 29.8 Å². The quantitative estimate of drug-likeness (QED) is 0.537. The molecular weight excluding hydrogens is 402 g/mol. The highest BCUT2D eigenvalue weighted by atomic mass is 32.2. The average Bonchev–Trinajstić information content (AvgIpc) is 3.18. The number of hydrogen-bond acceptors (Lipinski definition) is 5. The van der Waals surface area contributed by atoms with E-state index in [2.05, 4.69) is 20.1 Å². The molecule has 0 fully saturated rings. The highest BCUT2D eigenvalue weighted by Gasteiger charge is 2.21. The smallest absolute Gasteiger partial charge is 0.254 e. The molecule has 2 heterocycles. The maximum Gasteiger partial charge on any atom is 0.254 e. The van der Waals surface area contributed by atoms with Crippen LogP contribution in [0, 0.1) is 6.92 Å². The van der Waals surface area contributed by atoms with Gasteiger partial charge in [0.25, 0.3) is 5.91 Å². The topological polar surface area (TPSA) is 106 Å². The van der Waals surface area contributed by atoms with Gasteiger partial charge >= 0.3 is 0 Å². The highest BCUT2D eigenvalue weighted by Crippen LogP contribution is 2.22. The van der Waals surface area contributed by atoms with Crippen LogP contribution in [-0.4, -0.2) is 42.2 Å². The van der Waals surface area contributed by atoms with Crippen molar-refractivity contribution in [2.24, 2.45) is 0 Å². The fraction of sp³-hybridized carbons (Fsp3) is 0.286. The Labute approximate surface area is 176 Å². The Morgan fingerprint density at radius 2 is 1.83 bits per heavy atom. The van der Waals surface area contributed by atoms with Gasteiger partial charge in [-0.15, -0.1) is 0 Å². The first-order valence-corrected chi connectivity index (χ1v) is 11.1. The zero-order valence-electron chi connectivity index (χ0n) is 17.2. The molecule has 0 bridgehead atoms. The molecular formula is C21H25N5O3S. The summed E-state index contributed by atoms with van der Waals surface area (Å²) >= 11 is 0. The van der Waals surface area contributed by atoms with Crippen LogP contribution >= 0.6 is 0 Å². The van der Waals surface area contributed by atoms with Crippen LogP contribution in [0.4, 0.5) is 0 Å². The molecule has 0 saturated carbocycles. The van der Waals surface area contributed by atoms with Gasteiger partial charge in [-0.3, -0.25) is 4.79 Å². The number of nitrogens with one attached hydrogen (secondary N) is 2. The zero-order chi connectivity index (χ0) is 21.7. The van der Waals surface area contributed by atoms with Crippen molar-refractivity contribution in [1.29, 1.82) is 0 Å². The number of aryl methyl sites for hydroxylation is 1. The summed E-state index contributed by atoms with van der Waals surface area (Å²) in [6.07, 6.45) is 3.18. The SMILES string of the molecule is Cc1ccc(S(=O)(=O)NCCNC(=O)c2cnn(-c3ccccn3)c2C(C)C)cc1. The van der Waals surface area contributed by atoms with Crippen molar-refractivity contribution in [3.8, 4) is 5.82 Å². The van der Waals surface area contributed by atoms with Gasteiger partial charge in [0.15, 0.2) is 5.82 Å². The summed E-state index contributed by atoms with van der Waals surface area (Å²) in [6.45, 7) is 6.07. The van der Waals surface area contributed by atoms with Gasteiger partial charge in [0, 0.05) is 19.3 Å². The van der Waals surface area contributed by atoms with Crippen LogP contribution in [-0.2, 0) is 10.0 Å². The Hall–Kier alpha value is -3.04. The van der Waals surface area contributed by atoms with Crippen molar-refractivity contribution in [2.45, 2.75) is 31.6 Å². The van der Waals surface area contributed by atoms with E-state index in [1.165, 1.54) is 6.20 Å². The Morgan fingerprint density at radius 1 is 1.10 bits per heavy atom. The molecule has 0 aliphatic heterocycles. The first-order valence-electron chi connectivity index (χ1n) is 9.63. The molecule has 3 aromatic rings. The monoisotopic (exact) mass is 427 g/mol. The van der Waals surface area contributed by atoms with Crippen molar-refractivity contribution < 1.29 is 13.2 Å². The summed E-state index contributed by atoms with van der Waals surface area (Å²) in [4.78, 5) is 17.2. The molecule has 30 heavy (non-hydrogen) atoms. The molecule has 0 unspecified atom stereocenters. The summed E-state index contributed by atoms with van der Waals surface area (Å²) in [5.74, 6) is 0.358. The summed E-state index contributed by atoms with van der Waals surface area (Å²) < 4.78 is 28.8. The van der Waals surface area contributed by atoms with Crippen LogP contribution < -0.4 is 10.0 Å². The van der Waals surface area contributed by atoms with Crippen LogP contribution in [0.15, 0.2) is 59.8 Å². The minimum Gasteiger partial charge on any atom is -0.351 e. The number of pyridine rings is 1. The fourth-order valence-corrected chi connectivity index (χ4v) is 4.04. The van der Waals surface area contributed by atoms with Gasteiger partial charge < -0.3 is 5.32 Å². The predicted molar refractivity (Wildman–Crippen MR) is 114 cm³/mol. The van der Waals surface area contributed by atoms with Gasteiger partial charge in [0.2, 0.25) is 10.0 Å². The number of amides is 1. The van der Waals surface area contributed by atoms with E-state index < -0.39 is 10.0 Å². The number of aromatic nitrogens is 3. The number of sulfonamides is 1. The lowest BCUT2D eigenvalue weighted by atomic mass is 10.1. The second kappa shape index (κ2) is 9.19. The molecule has 0 radical (unpaired) electrons. The average molecular weight is 428 g/mol. The molecule has 9 heteroatoms. The van der Waals surface area contributed by atoms with E-state index in [1.807, 2.05) is 39.0 Å². The number of carbonyl (C=O) groups excluding carboxylic acids is 1. The fourth-order valence-electron chi connectivity index (χ4n) is 3.01. The lowest BCUT2D eigenvalue weighted by Gasteiger charge is -2.12. The normalized spacial score (nSPS) is 11.6. The molecule has 0 saturated heterocycles. The predicted octanol–water partition coefficient (Wildman–Crippen LogP) is 2.41. The molecule has 0 spiro atoms. The Kier molecular flexibility index (Phi) is 6.63. The zero-order valence-corrected chi connectivity index (χ0v) is 18.0. The van der Waals surface area contributed by atoms with E-state index in [4.69, 9.17) is 0 Å². The molecule has 0 atom stereocenters. The van der Waals surface area contributed by atoms with Crippen LogP contribution in [0.5, 0.6) is 0 Å². The van der Waals surface area contributed by atoms with E-state index in [9.17, 15) is 13.2 Å². The van der Waals surface area contributed by atoms with Crippen molar-refractivity contribution in [1.82, 2.24) is 24.8 Å². The number of benzene rings is 1. The molecule has 1 aromatic carbocycles. The summed E-state index contributed by atoms with van der Waals surface area (Å²) in [6, 6.07) is 12.1. The van der Waals surface area contributed by atoms with Crippen LogP contribution in [0.1, 0.15) is 41.4 Å². The Balaban J connectivity index is 1.64. The lowest BCUT2D eigenvalue weighted by molar-refractivity contribution is 0.0953. The third-order valence-electron chi connectivity index (χ3n) is 4.50. The maximum atomic E-state index is 12.7. The lowest BCUT2D eigenvalue weighted by Crippen LogP contribution is -2.35. The summed E-state index contributed by atoms with van der Waals surface area (Å²) in [7, 11) is -3.62. The van der Waals surface area contributed by atoms with Gasteiger partial charge in [-0.1, -0.05) is 37.6 Å². The minimum atomic E-state index is -3.62. The number of carbonyl (C=O) groups is 1. The maximum absolute atomic E-state index is 12.7. The first-order chi connectivity index (χ1) is 14.3. The molecule has 3 rings (SSSR count). The summed E-state index contributed by atoms with van der Waals surface area (Å²) in [5.41, 5.74) is 2.16. The Morgan fingerprint density at radius 3 is 2.47 bits per heavy atom. The first kappa shape index (κ1) is 21.7. The van der Waals surface area contributed by atoms with Gasteiger partial charge in [-0.25, -0.2) is 22.8 Å². The van der Waals surface area contributed by atoms with Gasteiger partial charge in [0.05, 0.1) is 22.3 Å². The molecule has 0 aliphatic carbocycles. The van der Waals surface area contributed by atoms with Gasteiger partial charge in [-0.2, -0.15) is 5.10 Å². The van der Waals surface area contributed by atoms with Crippen molar-refractivity contribution in [3.63, 3.8) is 0 Å². The highest BCUT2D eigenvalue weighted by molar-refractivity contribution is 7.89.